The summed E-state index contributed by atoms with van der Waals surface area (Å²) in [4.78, 5) is 27.8. The fraction of sp³-hybridized carbons (Fsp3) is 0.0952. The van der Waals surface area contributed by atoms with Crippen LogP contribution in [0.3, 0.4) is 0 Å². The lowest BCUT2D eigenvalue weighted by molar-refractivity contribution is 0.0959. The summed E-state index contributed by atoms with van der Waals surface area (Å²) in [5, 5.41) is 3.21. The Morgan fingerprint density at radius 2 is 2.04 bits per heavy atom. The summed E-state index contributed by atoms with van der Waals surface area (Å²) in [6.45, 7) is 4.18. The first-order valence-corrected chi connectivity index (χ1v) is 8.71. The Labute approximate surface area is 161 Å². The number of nitrogens with zero attached hydrogens (tertiary/aromatic N) is 1. The molecule has 0 aliphatic heterocycles. The molecule has 1 aromatic heterocycles. The quantitative estimate of drug-likeness (QED) is 0.418. The summed E-state index contributed by atoms with van der Waals surface area (Å²) >= 11 is 5.21. The molecule has 2 aromatic carbocycles. The van der Waals surface area contributed by atoms with E-state index in [-0.39, 0.29) is 18.0 Å². The van der Waals surface area contributed by atoms with E-state index in [2.05, 4.69) is 28.7 Å². The van der Waals surface area contributed by atoms with Crippen molar-refractivity contribution in [2.45, 2.75) is 6.54 Å². The molecule has 5 nitrogen and oxygen atoms in total. The summed E-state index contributed by atoms with van der Waals surface area (Å²) in [5.41, 5.74) is 1.62. The number of carbonyl (C=O) groups excluding carboxylic acids is 1. The van der Waals surface area contributed by atoms with Gasteiger partial charge < -0.3 is 10.3 Å². The molecule has 2 N–H and O–H groups in total. The van der Waals surface area contributed by atoms with E-state index in [4.69, 9.17) is 12.2 Å². The summed E-state index contributed by atoms with van der Waals surface area (Å²) < 4.78 is 1.71. The molecule has 0 saturated heterocycles. The normalized spacial score (nSPS) is 10.1. The van der Waals surface area contributed by atoms with Crippen molar-refractivity contribution in [3.05, 3.63) is 87.4 Å². The molecule has 6 heteroatoms. The van der Waals surface area contributed by atoms with Gasteiger partial charge in [-0.3, -0.25) is 14.2 Å². The van der Waals surface area contributed by atoms with Crippen molar-refractivity contribution in [1.82, 2.24) is 14.9 Å². The second kappa shape index (κ2) is 8.30. The number of hydrogen-bond acceptors (Lipinski definition) is 3. The molecule has 0 aliphatic rings. The van der Waals surface area contributed by atoms with E-state index in [0.717, 1.165) is 5.56 Å². The molecule has 0 unspecified atom stereocenters. The van der Waals surface area contributed by atoms with E-state index in [0.29, 0.717) is 27.8 Å². The Balaban J connectivity index is 1.79. The second-order valence-electron chi connectivity index (χ2n) is 5.75. The number of hydrogen-bond donors (Lipinski definition) is 2. The molecular weight excluding hydrogens is 358 g/mol. The van der Waals surface area contributed by atoms with Gasteiger partial charge in [0.2, 0.25) is 0 Å². The third kappa shape index (κ3) is 4.22. The van der Waals surface area contributed by atoms with Crippen LogP contribution in [-0.2, 0) is 6.54 Å². The average Bonchev–Trinajstić information content (AvgIpc) is 2.68. The number of allylic oxidation sites excluding steroid dienone is 1. The van der Waals surface area contributed by atoms with Crippen LogP contribution in [0.25, 0.3) is 10.9 Å². The molecule has 1 heterocycles. The molecule has 0 fully saturated rings. The van der Waals surface area contributed by atoms with Crippen LogP contribution in [-0.4, -0.2) is 22.0 Å². The van der Waals surface area contributed by atoms with E-state index in [1.165, 1.54) is 4.57 Å². The molecule has 0 atom stereocenters. The molecule has 0 saturated carbocycles. The number of fused-ring (bicyclic) bond motifs is 1. The van der Waals surface area contributed by atoms with Crippen LogP contribution in [0, 0.1) is 16.6 Å². The van der Waals surface area contributed by atoms with Gasteiger partial charge in [-0.25, -0.2) is 0 Å². The molecule has 0 bridgehead atoms. The Morgan fingerprint density at radius 3 is 2.78 bits per heavy atom. The number of benzene rings is 2. The van der Waals surface area contributed by atoms with Crippen LogP contribution in [0.2, 0.25) is 0 Å². The Bertz CT molecular complexity index is 1180. The van der Waals surface area contributed by atoms with Gasteiger partial charge in [-0.2, -0.15) is 0 Å². The monoisotopic (exact) mass is 375 g/mol. The van der Waals surface area contributed by atoms with E-state index in [1.54, 1.807) is 24.3 Å². The van der Waals surface area contributed by atoms with Crippen LogP contribution in [0.1, 0.15) is 15.9 Å². The maximum Gasteiger partial charge on any atom is 0.262 e. The number of amides is 1. The number of aromatic amines is 1. The number of carbonyl (C=O) groups is 1. The number of nitrogens with one attached hydrogen (secondary N) is 2. The highest BCUT2D eigenvalue weighted by Gasteiger charge is 2.09. The van der Waals surface area contributed by atoms with Gasteiger partial charge in [-0.1, -0.05) is 36.1 Å². The first kappa shape index (κ1) is 18.4. The molecule has 134 valence electrons. The molecule has 3 rings (SSSR count). The van der Waals surface area contributed by atoms with E-state index in [1.807, 2.05) is 30.3 Å². The van der Waals surface area contributed by atoms with Crippen molar-refractivity contribution in [3.8, 4) is 11.8 Å². The number of H-pyrrole nitrogens is 1. The molecule has 3 aromatic rings. The molecule has 0 spiro atoms. The van der Waals surface area contributed by atoms with Gasteiger partial charge in [0.05, 0.1) is 17.4 Å². The Hall–Kier alpha value is -3.43. The minimum atomic E-state index is -0.270. The SMILES string of the molecule is C=CCn1c(=S)[nH]c2cc(C(=O)NCC#Cc3ccccc3)ccc2c1=O. The highest BCUT2D eigenvalue weighted by molar-refractivity contribution is 7.71. The van der Waals surface area contributed by atoms with E-state index >= 15 is 0 Å². The third-order valence-electron chi connectivity index (χ3n) is 3.90. The van der Waals surface area contributed by atoms with Gasteiger partial charge in [-0.15, -0.1) is 6.58 Å². The fourth-order valence-corrected chi connectivity index (χ4v) is 2.85. The van der Waals surface area contributed by atoms with Crippen molar-refractivity contribution in [2.24, 2.45) is 0 Å². The molecule has 1 amide bonds. The van der Waals surface area contributed by atoms with E-state index < -0.39 is 0 Å². The summed E-state index contributed by atoms with van der Waals surface area (Å²) in [6, 6.07) is 14.4. The number of rotatable bonds is 4. The number of aromatic nitrogens is 2. The van der Waals surface area contributed by atoms with Gasteiger partial charge in [0.15, 0.2) is 4.77 Å². The van der Waals surface area contributed by atoms with Gasteiger partial charge in [-0.05, 0) is 42.5 Å². The largest absolute Gasteiger partial charge is 0.341 e. The first-order chi connectivity index (χ1) is 13.1. The lowest BCUT2D eigenvalue weighted by atomic mass is 10.1. The van der Waals surface area contributed by atoms with Gasteiger partial charge >= 0.3 is 0 Å². The highest BCUT2D eigenvalue weighted by Crippen LogP contribution is 2.11. The predicted octanol–water partition coefficient (Wildman–Crippen LogP) is 3.03. The molecule has 27 heavy (non-hydrogen) atoms. The zero-order chi connectivity index (χ0) is 19.2. The minimum absolute atomic E-state index is 0.214. The average molecular weight is 375 g/mol. The topological polar surface area (TPSA) is 66.9 Å². The smallest absolute Gasteiger partial charge is 0.262 e. The Kier molecular flexibility index (Phi) is 5.64. The second-order valence-corrected chi connectivity index (χ2v) is 6.13. The molecule has 0 radical (unpaired) electrons. The summed E-state index contributed by atoms with van der Waals surface area (Å²) in [5.74, 6) is 5.62. The Morgan fingerprint density at radius 1 is 1.26 bits per heavy atom. The van der Waals surface area contributed by atoms with Gasteiger partial charge in [0.25, 0.3) is 11.5 Å². The highest BCUT2D eigenvalue weighted by atomic mass is 32.1. The van der Waals surface area contributed by atoms with Crippen molar-refractivity contribution in [2.75, 3.05) is 6.54 Å². The lowest BCUT2D eigenvalue weighted by Crippen LogP contribution is -2.24. The van der Waals surface area contributed by atoms with Gasteiger partial charge in [0, 0.05) is 17.7 Å². The zero-order valence-electron chi connectivity index (χ0n) is 14.5. The van der Waals surface area contributed by atoms with Crippen LogP contribution in [0.5, 0.6) is 0 Å². The standard InChI is InChI=1S/C21H17N3O2S/c1-2-13-24-20(26)17-11-10-16(14-18(17)23-21(24)27)19(25)22-12-6-9-15-7-4-3-5-8-15/h2-5,7-8,10-11,14H,1,12-13H2,(H,22,25)(H,23,27). The molecule has 0 aliphatic carbocycles. The van der Waals surface area contributed by atoms with Crippen molar-refractivity contribution in [3.63, 3.8) is 0 Å². The van der Waals surface area contributed by atoms with Crippen LogP contribution < -0.4 is 10.9 Å². The summed E-state index contributed by atoms with van der Waals surface area (Å²) in [6.07, 6.45) is 1.61. The minimum Gasteiger partial charge on any atom is -0.341 e. The van der Waals surface area contributed by atoms with Crippen LogP contribution in [0.4, 0.5) is 0 Å². The van der Waals surface area contributed by atoms with Crippen LogP contribution >= 0.6 is 12.2 Å². The van der Waals surface area contributed by atoms with Crippen molar-refractivity contribution in [1.29, 1.82) is 0 Å². The predicted molar refractivity (Wildman–Crippen MR) is 109 cm³/mol. The van der Waals surface area contributed by atoms with E-state index in [9.17, 15) is 9.59 Å². The van der Waals surface area contributed by atoms with Crippen LogP contribution in [0.15, 0.2) is 66.0 Å². The molecular formula is C21H17N3O2S. The first-order valence-electron chi connectivity index (χ1n) is 8.30. The maximum absolute atomic E-state index is 12.5. The third-order valence-corrected chi connectivity index (χ3v) is 4.22. The summed E-state index contributed by atoms with van der Waals surface area (Å²) in [7, 11) is 0. The maximum atomic E-state index is 12.5. The zero-order valence-corrected chi connectivity index (χ0v) is 15.3. The lowest BCUT2D eigenvalue weighted by Gasteiger charge is -2.07. The van der Waals surface area contributed by atoms with Gasteiger partial charge in [0.1, 0.15) is 0 Å². The fourth-order valence-electron chi connectivity index (χ4n) is 2.58. The van der Waals surface area contributed by atoms with Crippen molar-refractivity contribution < 1.29 is 4.79 Å². The van der Waals surface area contributed by atoms with Crippen molar-refractivity contribution >= 4 is 29.0 Å².